The number of unbranched alkanes of at least 4 members (excludes halogenated alkanes) is 37. The molecule has 5 atom stereocenters. The Labute approximate surface area is 596 Å². The van der Waals surface area contributed by atoms with Crippen molar-refractivity contribution in [3.05, 3.63) is 72.9 Å². The SMILES string of the molecule is CCCCC/C=C\C/C=C\C/C=C\C/C=C\CCCC(=O)O[C@H](COC(=O)CCCCCCC/C=C\C=C/CCCCCC)COP(=O)(O)OC[C@H](O)COP(=O)(O)OC[C@@H](COC(=O)CCCCCCCCCCCCCCC)OC(=O)CCCCCCCCCCCCCCC. The fraction of sp³-hybridized carbons (Fsp3) is 0.797. The number of rotatable bonds is 74. The normalized spacial score (nSPS) is 14.3. The van der Waals surface area contributed by atoms with Crippen molar-refractivity contribution in [1.82, 2.24) is 0 Å². The van der Waals surface area contributed by atoms with Gasteiger partial charge in [0.15, 0.2) is 12.2 Å². The number of aliphatic hydroxyl groups is 1. The minimum absolute atomic E-state index is 0.0182. The second kappa shape index (κ2) is 71.9. The van der Waals surface area contributed by atoms with Crippen molar-refractivity contribution in [3.8, 4) is 0 Å². The van der Waals surface area contributed by atoms with Crippen LogP contribution in [0.15, 0.2) is 72.9 Å². The summed E-state index contributed by atoms with van der Waals surface area (Å²) in [4.78, 5) is 72.8. The zero-order valence-electron chi connectivity index (χ0n) is 62.2. The number of esters is 4. The summed E-state index contributed by atoms with van der Waals surface area (Å²) in [5.74, 6) is -2.23. The molecule has 0 bridgehead atoms. The standard InChI is InChI=1S/C79H142O17P2/c1-5-9-13-17-21-25-29-33-35-36-38-42-46-50-54-58-62-66-79(84)96-75(70-90-77(82)64-60-56-52-48-44-41-37-34-30-26-22-18-14-10-6-2)72-94-98(87,88)92-68-73(80)67-91-97(85,86)93-71-74(95-78(83)65-61-57-53-49-45-40-32-28-24-20-16-12-8-4)69-89-76(81)63-59-55-51-47-43-39-31-27-23-19-15-11-7-3/h21,25-26,30,33-35,37-38,42,50,54,73-75,80H,5-20,22-24,27-29,31-32,36,39-41,43-49,51-53,55-72H2,1-4H3,(H,85,86)(H,87,88)/b25-21-,30-26-,35-33-,37-34-,42-38-,54-50-/t73-,74-,75-/m1/s1. The largest absolute Gasteiger partial charge is 0.472 e. The zero-order valence-corrected chi connectivity index (χ0v) is 64.0. The van der Waals surface area contributed by atoms with Crippen molar-refractivity contribution in [3.63, 3.8) is 0 Å². The Morgan fingerprint density at radius 2 is 0.541 bits per heavy atom. The van der Waals surface area contributed by atoms with Crippen LogP contribution in [-0.4, -0.2) is 96.7 Å². The van der Waals surface area contributed by atoms with Crippen molar-refractivity contribution >= 4 is 39.5 Å². The van der Waals surface area contributed by atoms with Crippen LogP contribution in [0.25, 0.3) is 0 Å². The molecule has 17 nitrogen and oxygen atoms in total. The molecule has 98 heavy (non-hydrogen) atoms. The van der Waals surface area contributed by atoms with Crippen LogP contribution in [0.3, 0.4) is 0 Å². The van der Waals surface area contributed by atoms with Gasteiger partial charge >= 0.3 is 39.5 Å². The molecule has 0 amide bonds. The van der Waals surface area contributed by atoms with Crippen LogP contribution >= 0.6 is 15.6 Å². The Morgan fingerprint density at radius 3 is 0.898 bits per heavy atom. The third-order valence-corrected chi connectivity index (χ3v) is 18.6. The molecule has 0 spiro atoms. The Balaban J connectivity index is 5.39. The highest BCUT2D eigenvalue weighted by atomic mass is 31.2. The number of allylic oxidation sites excluding steroid dienone is 12. The maximum absolute atomic E-state index is 13.1. The molecular weight excluding hydrogens is 1280 g/mol. The van der Waals surface area contributed by atoms with E-state index in [0.29, 0.717) is 32.1 Å². The van der Waals surface area contributed by atoms with E-state index in [0.717, 1.165) is 109 Å². The molecule has 3 N–H and O–H groups in total. The fourth-order valence-corrected chi connectivity index (χ4v) is 12.3. The summed E-state index contributed by atoms with van der Waals surface area (Å²) in [6, 6.07) is 0. The molecule has 0 aromatic heterocycles. The molecule has 0 heterocycles. The van der Waals surface area contributed by atoms with Gasteiger partial charge in [0.2, 0.25) is 0 Å². The number of phosphoric ester groups is 2. The third-order valence-electron chi connectivity index (χ3n) is 16.7. The third kappa shape index (κ3) is 70.9. The number of ether oxygens (including phenoxy) is 4. The zero-order chi connectivity index (χ0) is 71.8. The van der Waals surface area contributed by atoms with Gasteiger partial charge in [0.1, 0.15) is 19.3 Å². The van der Waals surface area contributed by atoms with Crippen molar-refractivity contribution in [1.29, 1.82) is 0 Å². The lowest BCUT2D eigenvalue weighted by Gasteiger charge is -2.21. The second-order valence-corrected chi connectivity index (χ2v) is 29.2. The number of phosphoric acid groups is 2. The molecule has 0 rings (SSSR count). The van der Waals surface area contributed by atoms with Crippen molar-refractivity contribution in [2.75, 3.05) is 39.6 Å². The smallest absolute Gasteiger partial charge is 0.462 e. The van der Waals surface area contributed by atoms with E-state index in [1.165, 1.54) is 154 Å². The Kier molecular flexibility index (Phi) is 69.3. The van der Waals surface area contributed by atoms with E-state index < -0.39 is 97.5 Å². The summed E-state index contributed by atoms with van der Waals surface area (Å²) < 4.78 is 68.5. The number of aliphatic hydroxyl groups excluding tert-OH is 1. The lowest BCUT2D eigenvalue weighted by Crippen LogP contribution is -2.30. The van der Waals surface area contributed by atoms with E-state index in [-0.39, 0.29) is 25.7 Å². The molecule has 0 radical (unpaired) electrons. The highest BCUT2D eigenvalue weighted by molar-refractivity contribution is 7.47. The van der Waals surface area contributed by atoms with Crippen LogP contribution < -0.4 is 0 Å². The quantitative estimate of drug-likeness (QED) is 0.0128. The number of carbonyl (C=O) groups excluding carboxylic acids is 4. The highest BCUT2D eigenvalue weighted by Gasteiger charge is 2.30. The molecule has 0 fully saturated rings. The lowest BCUT2D eigenvalue weighted by molar-refractivity contribution is -0.161. The number of hydrogen-bond acceptors (Lipinski definition) is 15. The Bertz CT molecular complexity index is 2140. The molecule has 0 aromatic carbocycles. The number of carbonyl (C=O) groups is 4. The molecule has 2 unspecified atom stereocenters. The van der Waals surface area contributed by atoms with Crippen LogP contribution in [0.1, 0.15) is 349 Å². The van der Waals surface area contributed by atoms with Crippen LogP contribution in [0.5, 0.6) is 0 Å². The summed E-state index contributed by atoms with van der Waals surface area (Å²) in [7, 11) is -9.96. The minimum atomic E-state index is -4.99. The first-order valence-electron chi connectivity index (χ1n) is 39.2. The Morgan fingerprint density at radius 1 is 0.296 bits per heavy atom. The second-order valence-electron chi connectivity index (χ2n) is 26.3. The molecule has 0 aliphatic heterocycles. The molecule has 0 saturated carbocycles. The van der Waals surface area contributed by atoms with E-state index in [4.69, 9.17) is 37.0 Å². The molecule has 19 heteroatoms. The molecule has 570 valence electrons. The van der Waals surface area contributed by atoms with Crippen LogP contribution in [0.4, 0.5) is 0 Å². The van der Waals surface area contributed by atoms with E-state index in [1.807, 2.05) is 12.2 Å². The molecule has 0 aromatic rings. The highest BCUT2D eigenvalue weighted by Crippen LogP contribution is 2.45. The van der Waals surface area contributed by atoms with Gasteiger partial charge in [-0.15, -0.1) is 0 Å². The van der Waals surface area contributed by atoms with Gasteiger partial charge in [-0.1, -0.05) is 306 Å². The maximum atomic E-state index is 13.1. The van der Waals surface area contributed by atoms with Gasteiger partial charge < -0.3 is 33.8 Å². The Hall–Kier alpha value is -3.50. The van der Waals surface area contributed by atoms with Crippen LogP contribution in [0.2, 0.25) is 0 Å². The predicted octanol–water partition coefficient (Wildman–Crippen LogP) is 22.4. The maximum Gasteiger partial charge on any atom is 0.472 e. The van der Waals surface area contributed by atoms with Gasteiger partial charge in [0, 0.05) is 25.7 Å². The average molecular weight is 1430 g/mol. The first kappa shape index (κ1) is 94.5. The van der Waals surface area contributed by atoms with Gasteiger partial charge in [-0.05, 0) is 89.9 Å². The predicted molar refractivity (Wildman–Crippen MR) is 400 cm³/mol. The van der Waals surface area contributed by atoms with Crippen molar-refractivity contribution in [2.45, 2.75) is 367 Å². The summed E-state index contributed by atoms with van der Waals surface area (Å²) >= 11 is 0. The molecule has 0 aliphatic rings. The first-order valence-corrected chi connectivity index (χ1v) is 42.2. The lowest BCUT2D eigenvalue weighted by atomic mass is 10.0. The van der Waals surface area contributed by atoms with Gasteiger partial charge in [0.25, 0.3) is 0 Å². The van der Waals surface area contributed by atoms with Crippen LogP contribution in [-0.2, 0) is 65.4 Å². The molecular formula is C79H142O17P2. The van der Waals surface area contributed by atoms with Gasteiger partial charge in [0.05, 0.1) is 26.4 Å². The summed E-state index contributed by atoms with van der Waals surface area (Å²) in [5, 5.41) is 10.6. The molecule has 0 saturated heterocycles. The fourth-order valence-electron chi connectivity index (χ4n) is 10.7. The van der Waals surface area contributed by atoms with Crippen molar-refractivity contribution in [2.24, 2.45) is 0 Å². The summed E-state index contributed by atoms with van der Waals surface area (Å²) in [5.41, 5.74) is 0. The topological polar surface area (TPSA) is 237 Å². The van der Waals surface area contributed by atoms with E-state index >= 15 is 0 Å². The van der Waals surface area contributed by atoms with Gasteiger partial charge in [-0.2, -0.15) is 0 Å². The van der Waals surface area contributed by atoms with E-state index in [9.17, 15) is 43.2 Å². The minimum Gasteiger partial charge on any atom is -0.462 e. The van der Waals surface area contributed by atoms with E-state index in [1.54, 1.807) is 0 Å². The summed E-state index contributed by atoms with van der Waals surface area (Å²) in [6.45, 7) is 4.80. The summed E-state index contributed by atoms with van der Waals surface area (Å²) in [6.07, 6.45) is 71.7. The van der Waals surface area contributed by atoms with Crippen molar-refractivity contribution < 1.29 is 80.2 Å². The van der Waals surface area contributed by atoms with Gasteiger partial charge in [-0.3, -0.25) is 37.3 Å². The number of hydrogen-bond donors (Lipinski definition) is 3. The van der Waals surface area contributed by atoms with Gasteiger partial charge in [-0.25, -0.2) is 9.13 Å². The average Bonchev–Trinajstić information content (AvgIpc) is 1.02. The molecule has 0 aliphatic carbocycles. The van der Waals surface area contributed by atoms with E-state index in [2.05, 4.69) is 88.5 Å². The monoisotopic (exact) mass is 1420 g/mol. The first-order chi connectivity index (χ1) is 47.7. The van der Waals surface area contributed by atoms with Crippen LogP contribution in [0, 0.1) is 0 Å².